The summed E-state index contributed by atoms with van der Waals surface area (Å²) in [6.07, 6.45) is -2.93. The van der Waals surface area contributed by atoms with Crippen molar-refractivity contribution in [2.75, 3.05) is 0 Å². The Kier molecular flexibility index (Phi) is 3.27. The van der Waals surface area contributed by atoms with Crippen LogP contribution < -0.4 is 0 Å². The number of alkyl halides is 2. The minimum atomic E-state index is -2.93. The number of aliphatic hydroxyl groups excluding tert-OH is 1. The summed E-state index contributed by atoms with van der Waals surface area (Å²) in [7, 11) is 0. The van der Waals surface area contributed by atoms with Gasteiger partial charge in [-0.3, -0.25) is 0 Å². The van der Waals surface area contributed by atoms with E-state index in [1.165, 1.54) is 0 Å². The molecule has 1 heterocycles. The number of nitrogens with zero attached hydrogens (tertiary/aromatic N) is 1. The molecule has 13 heavy (non-hydrogen) atoms. The molecule has 0 radical (unpaired) electrons. The first-order valence-electron chi connectivity index (χ1n) is 3.30. The monoisotopic (exact) mass is 255 g/mol. The molecular formula is C7H5BrF3NO. The van der Waals surface area contributed by atoms with Gasteiger partial charge in [0.1, 0.15) is 4.60 Å². The quantitative estimate of drug-likeness (QED) is 0.824. The van der Waals surface area contributed by atoms with Crippen LogP contribution in [-0.2, 0) is 6.61 Å². The maximum atomic E-state index is 12.7. The number of pyridine rings is 1. The molecule has 0 atom stereocenters. The second-order valence-electron chi connectivity index (χ2n) is 2.28. The normalized spacial score (nSPS) is 10.9. The first-order valence-corrected chi connectivity index (χ1v) is 4.09. The van der Waals surface area contributed by atoms with Crippen LogP contribution >= 0.6 is 15.9 Å². The highest BCUT2D eigenvalue weighted by atomic mass is 79.9. The molecule has 0 bridgehead atoms. The summed E-state index contributed by atoms with van der Waals surface area (Å²) in [5.74, 6) is -1.22. The summed E-state index contributed by atoms with van der Waals surface area (Å²) >= 11 is 2.83. The Balaban J connectivity index is 3.22. The van der Waals surface area contributed by atoms with Gasteiger partial charge in [0.05, 0.1) is 12.2 Å². The first kappa shape index (κ1) is 10.5. The maximum Gasteiger partial charge on any atom is 0.268 e. The van der Waals surface area contributed by atoms with Crippen molar-refractivity contribution in [3.63, 3.8) is 0 Å². The molecule has 0 aliphatic carbocycles. The molecule has 2 nitrogen and oxygen atoms in total. The van der Waals surface area contributed by atoms with E-state index in [0.717, 1.165) is 6.07 Å². The third-order valence-electron chi connectivity index (χ3n) is 1.43. The number of rotatable bonds is 2. The Morgan fingerprint density at radius 1 is 1.54 bits per heavy atom. The largest absolute Gasteiger partial charge is 0.392 e. The Labute approximate surface area is 80.5 Å². The number of hydrogen-bond acceptors (Lipinski definition) is 2. The van der Waals surface area contributed by atoms with Crippen molar-refractivity contribution in [3.05, 3.63) is 27.7 Å². The van der Waals surface area contributed by atoms with Crippen LogP contribution in [0.3, 0.4) is 0 Å². The summed E-state index contributed by atoms with van der Waals surface area (Å²) in [6.45, 7) is -0.465. The third-order valence-corrected chi connectivity index (χ3v) is 2.12. The van der Waals surface area contributed by atoms with E-state index >= 15 is 0 Å². The van der Waals surface area contributed by atoms with Crippen LogP contribution in [0.4, 0.5) is 13.2 Å². The second-order valence-corrected chi connectivity index (χ2v) is 3.03. The second kappa shape index (κ2) is 4.06. The van der Waals surface area contributed by atoms with Gasteiger partial charge >= 0.3 is 0 Å². The number of aromatic nitrogens is 1. The Morgan fingerprint density at radius 2 is 2.15 bits per heavy atom. The van der Waals surface area contributed by atoms with Crippen molar-refractivity contribution in [1.29, 1.82) is 0 Å². The van der Waals surface area contributed by atoms with Crippen LogP contribution in [0, 0.1) is 5.95 Å². The number of halogens is 4. The fraction of sp³-hybridized carbons (Fsp3) is 0.286. The van der Waals surface area contributed by atoms with Gasteiger partial charge in [-0.15, -0.1) is 0 Å². The van der Waals surface area contributed by atoms with Gasteiger partial charge < -0.3 is 5.11 Å². The van der Waals surface area contributed by atoms with E-state index in [1.807, 2.05) is 0 Å². The minimum Gasteiger partial charge on any atom is -0.392 e. The summed E-state index contributed by atoms with van der Waals surface area (Å²) in [6, 6.07) is 0.886. The zero-order chi connectivity index (χ0) is 10.0. The predicted octanol–water partition coefficient (Wildman–Crippen LogP) is 2.41. The van der Waals surface area contributed by atoms with Crippen LogP contribution in [0.1, 0.15) is 17.6 Å². The van der Waals surface area contributed by atoms with Crippen molar-refractivity contribution in [2.45, 2.75) is 13.0 Å². The molecule has 0 saturated carbocycles. The number of aliphatic hydroxyl groups is 1. The molecule has 0 amide bonds. The Bertz CT molecular complexity index is 319. The molecule has 1 aromatic heterocycles. The van der Waals surface area contributed by atoms with Crippen molar-refractivity contribution >= 4 is 15.9 Å². The first-order chi connectivity index (χ1) is 6.06. The van der Waals surface area contributed by atoms with Crippen LogP contribution in [0.2, 0.25) is 0 Å². The van der Waals surface area contributed by atoms with Gasteiger partial charge in [-0.1, -0.05) is 0 Å². The SMILES string of the molecule is OCc1cc(C(F)F)c(F)nc1Br. The van der Waals surface area contributed by atoms with Gasteiger partial charge in [-0.05, 0) is 22.0 Å². The lowest BCUT2D eigenvalue weighted by atomic mass is 10.2. The highest BCUT2D eigenvalue weighted by molar-refractivity contribution is 9.10. The standard InChI is InChI=1S/C7H5BrF3NO/c8-5-3(2-13)1-4(6(9)10)7(11)12-5/h1,6,13H,2H2. The van der Waals surface area contributed by atoms with E-state index in [-0.39, 0.29) is 10.2 Å². The third kappa shape index (κ3) is 2.19. The molecule has 0 aliphatic rings. The minimum absolute atomic E-state index is 0.0388. The molecule has 0 aromatic carbocycles. The molecule has 0 unspecified atom stereocenters. The van der Waals surface area contributed by atoms with Gasteiger partial charge in [0, 0.05) is 5.56 Å². The highest BCUT2D eigenvalue weighted by Gasteiger charge is 2.17. The lowest BCUT2D eigenvalue weighted by molar-refractivity contribution is 0.144. The van der Waals surface area contributed by atoms with E-state index in [4.69, 9.17) is 5.11 Å². The van der Waals surface area contributed by atoms with E-state index in [1.54, 1.807) is 0 Å². The fourth-order valence-electron chi connectivity index (χ4n) is 0.793. The average Bonchev–Trinajstić information content (AvgIpc) is 2.03. The Morgan fingerprint density at radius 3 is 2.62 bits per heavy atom. The van der Waals surface area contributed by atoms with Crippen LogP contribution in [0.25, 0.3) is 0 Å². The number of hydrogen-bond donors (Lipinski definition) is 1. The topological polar surface area (TPSA) is 33.1 Å². The fourth-order valence-corrected chi connectivity index (χ4v) is 1.19. The van der Waals surface area contributed by atoms with Crippen LogP contribution in [0.5, 0.6) is 0 Å². The molecule has 72 valence electrons. The molecular weight excluding hydrogens is 251 g/mol. The van der Waals surface area contributed by atoms with E-state index in [2.05, 4.69) is 20.9 Å². The van der Waals surface area contributed by atoms with E-state index in [9.17, 15) is 13.2 Å². The smallest absolute Gasteiger partial charge is 0.268 e. The molecule has 0 spiro atoms. The average molecular weight is 256 g/mol. The summed E-state index contributed by atoms with van der Waals surface area (Å²) in [4.78, 5) is 3.18. The zero-order valence-corrected chi connectivity index (χ0v) is 7.85. The molecule has 0 fully saturated rings. The van der Waals surface area contributed by atoms with Gasteiger partial charge in [0.2, 0.25) is 5.95 Å². The Hall–Kier alpha value is -0.620. The van der Waals surface area contributed by atoms with E-state index < -0.39 is 24.5 Å². The van der Waals surface area contributed by atoms with Crippen LogP contribution in [-0.4, -0.2) is 10.1 Å². The zero-order valence-electron chi connectivity index (χ0n) is 6.27. The molecule has 0 aliphatic heterocycles. The molecule has 6 heteroatoms. The van der Waals surface area contributed by atoms with Crippen molar-refractivity contribution in [3.8, 4) is 0 Å². The van der Waals surface area contributed by atoms with E-state index in [0.29, 0.717) is 0 Å². The molecule has 1 N–H and O–H groups in total. The lowest BCUT2D eigenvalue weighted by Crippen LogP contribution is -1.99. The summed E-state index contributed by atoms with van der Waals surface area (Å²) < 4.78 is 37.0. The predicted molar refractivity (Wildman–Crippen MR) is 42.8 cm³/mol. The lowest BCUT2D eigenvalue weighted by Gasteiger charge is -2.05. The summed E-state index contributed by atoms with van der Waals surface area (Å²) in [5.41, 5.74) is -0.663. The maximum absolute atomic E-state index is 12.7. The summed E-state index contributed by atoms with van der Waals surface area (Å²) in [5, 5.41) is 8.68. The van der Waals surface area contributed by atoms with Crippen molar-refractivity contribution < 1.29 is 18.3 Å². The molecule has 0 saturated heterocycles. The van der Waals surface area contributed by atoms with Crippen LogP contribution in [0.15, 0.2) is 10.7 Å². The van der Waals surface area contributed by atoms with Crippen molar-refractivity contribution in [1.82, 2.24) is 4.98 Å². The molecule has 1 aromatic rings. The molecule has 1 rings (SSSR count). The van der Waals surface area contributed by atoms with Gasteiger partial charge in [0.25, 0.3) is 6.43 Å². The highest BCUT2D eigenvalue weighted by Crippen LogP contribution is 2.25. The van der Waals surface area contributed by atoms with Crippen molar-refractivity contribution in [2.24, 2.45) is 0 Å². The van der Waals surface area contributed by atoms with Gasteiger partial charge in [0.15, 0.2) is 0 Å². The van der Waals surface area contributed by atoms with Gasteiger partial charge in [-0.2, -0.15) is 4.39 Å². The van der Waals surface area contributed by atoms with Gasteiger partial charge in [-0.25, -0.2) is 13.8 Å².